The summed E-state index contributed by atoms with van der Waals surface area (Å²) in [5.41, 5.74) is -1.56. The zero-order chi connectivity index (χ0) is 16.8. The van der Waals surface area contributed by atoms with E-state index in [0.29, 0.717) is 5.75 Å². The molecule has 1 aliphatic heterocycles. The number of sulfonamides is 1. The topological polar surface area (TPSA) is 94.9 Å². The van der Waals surface area contributed by atoms with Gasteiger partial charge in [0.1, 0.15) is 11.3 Å². The molecule has 0 spiro atoms. The standard InChI is InChI=1S/C14H19NO5S2/c1-13(2)14(3,12(17)18)15(8-9-21-13)22(19,20)11-6-4-10(16)5-7-11/h4-7,16H,8-9H2,1-3H3,(H,17,18)/t14-/m0/s1. The van der Waals surface area contributed by atoms with Crippen LogP contribution in [-0.2, 0) is 14.8 Å². The highest BCUT2D eigenvalue weighted by atomic mass is 32.2. The molecular weight excluding hydrogens is 326 g/mol. The fourth-order valence-electron chi connectivity index (χ4n) is 2.52. The third-order valence-corrected chi connectivity index (χ3v) is 7.77. The van der Waals surface area contributed by atoms with E-state index in [1.807, 2.05) is 0 Å². The minimum atomic E-state index is -3.97. The summed E-state index contributed by atoms with van der Waals surface area (Å²) in [4.78, 5) is 11.8. The molecule has 2 rings (SSSR count). The monoisotopic (exact) mass is 345 g/mol. The Kier molecular flexibility index (Phi) is 4.23. The van der Waals surface area contributed by atoms with Crippen molar-refractivity contribution in [1.29, 1.82) is 0 Å². The van der Waals surface area contributed by atoms with Gasteiger partial charge in [0.15, 0.2) is 0 Å². The van der Waals surface area contributed by atoms with Crippen molar-refractivity contribution in [1.82, 2.24) is 4.31 Å². The number of nitrogens with zero attached hydrogens (tertiary/aromatic N) is 1. The van der Waals surface area contributed by atoms with Crippen molar-refractivity contribution in [3.8, 4) is 5.75 Å². The Hall–Kier alpha value is -1.25. The molecule has 0 aliphatic carbocycles. The number of carbonyl (C=O) groups is 1. The van der Waals surface area contributed by atoms with Crippen LogP contribution in [0.5, 0.6) is 5.75 Å². The van der Waals surface area contributed by atoms with E-state index in [-0.39, 0.29) is 17.2 Å². The first kappa shape index (κ1) is 17.1. The van der Waals surface area contributed by atoms with Gasteiger partial charge in [0.2, 0.25) is 10.0 Å². The van der Waals surface area contributed by atoms with E-state index in [2.05, 4.69) is 0 Å². The van der Waals surface area contributed by atoms with E-state index in [1.165, 1.54) is 43.0 Å². The molecular formula is C14H19NO5S2. The van der Waals surface area contributed by atoms with Gasteiger partial charge in [-0.15, -0.1) is 0 Å². The Bertz CT molecular complexity index is 684. The number of thioether (sulfide) groups is 1. The minimum Gasteiger partial charge on any atom is -0.508 e. The summed E-state index contributed by atoms with van der Waals surface area (Å²) in [6.45, 7) is 5.05. The zero-order valence-corrected chi connectivity index (χ0v) is 14.2. The lowest BCUT2D eigenvalue weighted by Crippen LogP contribution is -2.67. The van der Waals surface area contributed by atoms with Crippen LogP contribution in [0, 0.1) is 0 Å². The lowest BCUT2D eigenvalue weighted by Gasteiger charge is -2.50. The molecule has 0 unspecified atom stereocenters. The van der Waals surface area contributed by atoms with Crippen LogP contribution in [0.1, 0.15) is 20.8 Å². The Labute approximate surface area is 134 Å². The Balaban J connectivity index is 2.57. The average Bonchev–Trinajstić information content (AvgIpc) is 2.41. The zero-order valence-electron chi connectivity index (χ0n) is 12.6. The van der Waals surface area contributed by atoms with Crippen molar-refractivity contribution in [2.24, 2.45) is 0 Å². The van der Waals surface area contributed by atoms with Crippen molar-refractivity contribution < 1.29 is 23.4 Å². The molecule has 2 N–H and O–H groups in total. The number of benzene rings is 1. The number of aliphatic carboxylic acids is 1. The van der Waals surface area contributed by atoms with Crippen LogP contribution < -0.4 is 0 Å². The Morgan fingerprint density at radius 1 is 1.23 bits per heavy atom. The fourth-order valence-corrected chi connectivity index (χ4v) is 5.81. The number of hydrogen-bond acceptors (Lipinski definition) is 5. The van der Waals surface area contributed by atoms with Crippen molar-refractivity contribution in [3.05, 3.63) is 24.3 Å². The van der Waals surface area contributed by atoms with Crippen molar-refractivity contribution in [2.45, 2.75) is 36.0 Å². The molecule has 1 aromatic rings. The number of hydrogen-bond donors (Lipinski definition) is 2. The normalized spacial score (nSPS) is 25.8. The average molecular weight is 345 g/mol. The molecule has 1 aliphatic rings. The van der Waals surface area contributed by atoms with Crippen LogP contribution >= 0.6 is 11.8 Å². The van der Waals surface area contributed by atoms with E-state index < -0.39 is 26.3 Å². The lowest BCUT2D eigenvalue weighted by molar-refractivity contribution is -0.149. The summed E-state index contributed by atoms with van der Waals surface area (Å²) in [5.74, 6) is -0.700. The highest BCUT2D eigenvalue weighted by molar-refractivity contribution is 8.01. The molecule has 0 radical (unpaired) electrons. The quantitative estimate of drug-likeness (QED) is 0.867. The smallest absolute Gasteiger partial charge is 0.326 e. The van der Waals surface area contributed by atoms with E-state index in [0.717, 1.165) is 4.31 Å². The largest absolute Gasteiger partial charge is 0.508 e. The number of phenols is 1. The summed E-state index contributed by atoms with van der Waals surface area (Å²) < 4.78 is 26.0. The summed E-state index contributed by atoms with van der Waals surface area (Å²) in [6.07, 6.45) is 0. The molecule has 6 nitrogen and oxygen atoms in total. The van der Waals surface area contributed by atoms with Crippen LogP contribution in [0.15, 0.2) is 29.2 Å². The Morgan fingerprint density at radius 2 is 1.77 bits per heavy atom. The second-order valence-corrected chi connectivity index (χ2v) is 9.39. The second-order valence-electron chi connectivity index (χ2n) is 5.81. The van der Waals surface area contributed by atoms with Gasteiger partial charge in [0, 0.05) is 17.0 Å². The van der Waals surface area contributed by atoms with Gasteiger partial charge in [-0.25, -0.2) is 8.42 Å². The van der Waals surface area contributed by atoms with Gasteiger partial charge in [-0.1, -0.05) is 0 Å². The highest BCUT2D eigenvalue weighted by Gasteiger charge is 2.58. The van der Waals surface area contributed by atoms with E-state index >= 15 is 0 Å². The Morgan fingerprint density at radius 3 is 2.27 bits per heavy atom. The first-order chi connectivity index (χ1) is 10.0. The maximum atomic E-state index is 12.9. The first-order valence-corrected chi connectivity index (χ1v) is 9.15. The molecule has 122 valence electrons. The second kappa shape index (κ2) is 5.43. The van der Waals surface area contributed by atoms with Crippen molar-refractivity contribution in [3.63, 3.8) is 0 Å². The first-order valence-electron chi connectivity index (χ1n) is 6.73. The van der Waals surface area contributed by atoms with E-state index in [1.54, 1.807) is 13.8 Å². The minimum absolute atomic E-state index is 0.0273. The van der Waals surface area contributed by atoms with Crippen LogP contribution in [0.4, 0.5) is 0 Å². The van der Waals surface area contributed by atoms with Crippen molar-refractivity contribution in [2.75, 3.05) is 12.3 Å². The molecule has 1 aromatic carbocycles. The van der Waals surface area contributed by atoms with Gasteiger partial charge in [0.05, 0.1) is 4.90 Å². The van der Waals surface area contributed by atoms with Gasteiger partial charge >= 0.3 is 5.97 Å². The van der Waals surface area contributed by atoms with Gasteiger partial charge < -0.3 is 10.2 Å². The number of aromatic hydroxyl groups is 1. The molecule has 22 heavy (non-hydrogen) atoms. The fraction of sp³-hybridized carbons (Fsp3) is 0.500. The predicted molar refractivity (Wildman–Crippen MR) is 84.6 cm³/mol. The van der Waals surface area contributed by atoms with E-state index in [4.69, 9.17) is 0 Å². The molecule has 0 bridgehead atoms. The molecule has 1 heterocycles. The molecule has 8 heteroatoms. The molecule has 1 fully saturated rings. The van der Waals surface area contributed by atoms with Gasteiger partial charge in [-0.2, -0.15) is 16.1 Å². The third kappa shape index (κ3) is 2.49. The van der Waals surface area contributed by atoms with E-state index in [9.17, 15) is 23.4 Å². The SMILES string of the molecule is CC1(C)SCCN(S(=O)(=O)c2ccc(O)cc2)[C@@]1(C)C(=O)O. The number of carboxylic acids is 1. The summed E-state index contributed by atoms with van der Waals surface area (Å²) in [6, 6.07) is 5.10. The summed E-state index contributed by atoms with van der Waals surface area (Å²) in [7, 11) is -3.97. The summed E-state index contributed by atoms with van der Waals surface area (Å²) in [5, 5.41) is 19.0. The molecule has 0 saturated carbocycles. The predicted octanol–water partition coefficient (Wildman–Crippen LogP) is 1.75. The number of phenolic OH excluding ortho intramolecular Hbond substituents is 1. The molecule has 0 aromatic heterocycles. The molecule has 1 atom stereocenters. The number of rotatable bonds is 3. The van der Waals surface area contributed by atoms with Gasteiger partial charge in [-0.3, -0.25) is 4.79 Å². The third-order valence-electron chi connectivity index (χ3n) is 4.27. The maximum Gasteiger partial charge on any atom is 0.326 e. The van der Waals surface area contributed by atoms with Crippen LogP contribution in [0.2, 0.25) is 0 Å². The maximum absolute atomic E-state index is 12.9. The lowest BCUT2D eigenvalue weighted by atomic mass is 9.87. The number of carboxylic acid groups (broad SMARTS) is 1. The van der Waals surface area contributed by atoms with Crippen LogP contribution in [0.3, 0.4) is 0 Å². The van der Waals surface area contributed by atoms with Gasteiger partial charge in [0.25, 0.3) is 0 Å². The van der Waals surface area contributed by atoms with Crippen LogP contribution in [0.25, 0.3) is 0 Å². The van der Waals surface area contributed by atoms with Crippen molar-refractivity contribution >= 4 is 27.8 Å². The van der Waals surface area contributed by atoms with Crippen LogP contribution in [-0.4, -0.2) is 51.5 Å². The molecule has 0 amide bonds. The van der Waals surface area contributed by atoms with Gasteiger partial charge in [-0.05, 0) is 45.0 Å². The summed E-state index contributed by atoms with van der Waals surface area (Å²) >= 11 is 1.45. The highest BCUT2D eigenvalue weighted by Crippen LogP contribution is 2.45. The molecule has 1 saturated heterocycles.